The molecule has 5 aromatic carbocycles. The van der Waals surface area contributed by atoms with E-state index in [9.17, 15) is 62.4 Å². The van der Waals surface area contributed by atoms with Crippen LogP contribution >= 0.6 is 0 Å². The topological polar surface area (TPSA) is 303 Å². The van der Waals surface area contributed by atoms with Crippen LogP contribution in [0.1, 0.15) is 116 Å². The minimum Gasteiger partial charge on any atom is -0.503 e. The van der Waals surface area contributed by atoms with Crippen molar-refractivity contribution in [1.29, 1.82) is 0 Å². The molecule has 0 saturated heterocycles. The van der Waals surface area contributed by atoms with E-state index in [1.165, 1.54) is 73.9 Å². The number of carbonyl (C=O) groups is 6. The van der Waals surface area contributed by atoms with Crippen LogP contribution in [-0.4, -0.2) is 139 Å². The van der Waals surface area contributed by atoms with Crippen molar-refractivity contribution in [1.82, 2.24) is 13.7 Å². The third kappa shape index (κ3) is 18.4. The predicted octanol–water partition coefficient (Wildman–Crippen LogP) is 9.97. The van der Waals surface area contributed by atoms with E-state index in [1.54, 1.807) is 20.8 Å². The second-order valence-electron chi connectivity index (χ2n) is 18.6. The van der Waals surface area contributed by atoms with Crippen LogP contribution < -0.4 is 9.47 Å². The first kappa shape index (κ1) is 70.6. The molecule has 0 atom stereocenters. The van der Waals surface area contributed by atoms with Crippen LogP contribution in [0.4, 0.5) is 13.2 Å². The molecule has 0 radical (unpaired) electrons. The molecule has 0 bridgehead atoms. The number of aliphatic hydroxyl groups is 2. The first-order valence-corrected chi connectivity index (χ1v) is 27.8. The molecule has 6 N–H and O–H groups in total. The zero-order chi connectivity index (χ0) is 66.0. The highest BCUT2D eigenvalue weighted by Gasteiger charge is 2.35. The number of aromatic nitrogens is 3. The molecule has 22 nitrogen and oxygen atoms in total. The monoisotopic (exact) mass is 1250 g/mol. The number of Topliss-reactive ketones (excluding diaryl/α,β-unsaturated/α-hetero) is 3. The Bertz CT molecular complexity index is 3680. The molecule has 478 valence electrons. The molecule has 3 heterocycles. The fraction of sp³-hybridized carbons (Fsp3) is 0.262. The van der Waals surface area contributed by atoms with Crippen LogP contribution in [-0.2, 0) is 36.9 Å². The van der Waals surface area contributed by atoms with Gasteiger partial charge in [-0.3, -0.25) is 28.1 Å². The number of benzene rings is 5. The third-order valence-corrected chi connectivity index (χ3v) is 12.3. The van der Waals surface area contributed by atoms with Gasteiger partial charge in [-0.1, -0.05) is 60.7 Å². The molecule has 0 aliphatic carbocycles. The fourth-order valence-electron chi connectivity index (χ4n) is 8.51. The van der Waals surface area contributed by atoms with E-state index in [1.807, 2.05) is 60.7 Å². The Morgan fingerprint density at radius 2 is 0.678 bits per heavy atom. The zero-order valence-corrected chi connectivity index (χ0v) is 49.9. The maximum atomic E-state index is 13.4. The first-order chi connectivity index (χ1) is 43.2. The summed E-state index contributed by atoms with van der Waals surface area (Å²) >= 11 is 0. The Balaban J connectivity index is 0.000000229. The van der Waals surface area contributed by atoms with Crippen molar-refractivity contribution in [2.45, 2.75) is 54.8 Å². The minimum atomic E-state index is -0.910. The second-order valence-corrected chi connectivity index (χ2v) is 18.6. The van der Waals surface area contributed by atoms with Gasteiger partial charge in [-0.2, -0.15) is 0 Å². The molecule has 0 aliphatic heterocycles. The molecule has 0 aliphatic rings. The lowest BCUT2D eigenvalue weighted by atomic mass is 10.2. The number of rotatable bonds is 25. The van der Waals surface area contributed by atoms with Crippen LogP contribution in [0, 0.1) is 17.5 Å². The summed E-state index contributed by atoms with van der Waals surface area (Å²) in [6.45, 7) is 9.69. The van der Waals surface area contributed by atoms with Crippen molar-refractivity contribution in [3.05, 3.63) is 196 Å². The fourth-order valence-corrected chi connectivity index (χ4v) is 8.51. The van der Waals surface area contributed by atoms with E-state index >= 15 is 0 Å². The number of aliphatic hydroxyl groups excluding tert-OH is 2. The van der Waals surface area contributed by atoms with Crippen molar-refractivity contribution in [3.8, 4) is 51.6 Å². The maximum absolute atomic E-state index is 13.4. The minimum absolute atomic E-state index is 0.0115. The summed E-state index contributed by atoms with van der Waals surface area (Å²) in [7, 11) is 0. The lowest BCUT2D eigenvalue weighted by Crippen LogP contribution is -2.16. The largest absolute Gasteiger partial charge is 0.503 e. The van der Waals surface area contributed by atoms with E-state index in [4.69, 9.17) is 43.4 Å². The summed E-state index contributed by atoms with van der Waals surface area (Å²) in [5, 5.41) is 58.4. The van der Waals surface area contributed by atoms with Gasteiger partial charge in [0.1, 0.15) is 47.7 Å². The highest BCUT2D eigenvalue weighted by Crippen LogP contribution is 2.42. The molecule has 90 heavy (non-hydrogen) atoms. The van der Waals surface area contributed by atoms with Gasteiger partial charge < -0.3 is 63.8 Å². The lowest BCUT2D eigenvalue weighted by Gasteiger charge is -2.12. The molecule has 0 unspecified atom stereocenters. The van der Waals surface area contributed by atoms with Gasteiger partial charge in [-0.15, -0.1) is 0 Å². The molecule has 25 heteroatoms. The Hall–Kier alpha value is -10.2. The second kappa shape index (κ2) is 35.0. The molecule has 3 aromatic heterocycles. The summed E-state index contributed by atoms with van der Waals surface area (Å²) in [5.74, 6) is -8.64. The smallest absolute Gasteiger partial charge is 0.359 e. The lowest BCUT2D eigenvalue weighted by molar-refractivity contribution is 0.0497. The van der Waals surface area contributed by atoms with Crippen LogP contribution in [0.3, 0.4) is 0 Å². The van der Waals surface area contributed by atoms with Crippen molar-refractivity contribution in [2.24, 2.45) is 0 Å². The van der Waals surface area contributed by atoms with Gasteiger partial charge in [0.15, 0.2) is 68.9 Å². The third-order valence-electron chi connectivity index (χ3n) is 12.3. The van der Waals surface area contributed by atoms with E-state index in [2.05, 4.69) is 0 Å². The van der Waals surface area contributed by atoms with Crippen LogP contribution in [0.2, 0.25) is 0 Å². The molecule has 0 fully saturated rings. The highest BCUT2D eigenvalue weighted by molar-refractivity contribution is 6.04. The number of esters is 3. The van der Waals surface area contributed by atoms with Gasteiger partial charge in [0, 0.05) is 37.8 Å². The summed E-state index contributed by atoms with van der Waals surface area (Å²) in [6.07, 6.45) is 0. The van der Waals surface area contributed by atoms with Gasteiger partial charge >= 0.3 is 17.9 Å². The average Bonchev–Trinajstić information content (AvgIpc) is 1.64. The Morgan fingerprint density at radius 3 is 1.01 bits per heavy atom. The number of ether oxygens (including phenoxy) is 7. The molecule has 0 saturated carbocycles. The van der Waals surface area contributed by atoms with Crippen molar-refractivity contribution >= 4 is 35.3 Å². The summed E-state index contributed by atoms with van der Waals surface area (Å²) in [6, 6.07) is 34.5. The van der Waals surface area contributed by atoms with Crippen molar-refractivity contribution < 1.29 is 106 Å². The SMILES string of the molecule is CCOC(=O)c1c(O)c(O)c(C(C)=O)n1-c1ccc(F)cc1.CCOC(=O)c1c(OCCO)c(O)c(C(C)=O)n1-c1ccc(F)cc1.CCOC(=O)c1c(OCCOCc2ccccc2)c(O)c(C(C)=O)n1-c1ccc(F)cc1.OCCOCc1ccccc1. The van der Waals surface area contributed by atoms with Crippen LogP contribution in [0.15, 0.2) is 133 Å². The van der Waals surface area contributed by atoms with E-state index in [0.29, 0.717) is 25.5 Å². The molecular formula is C65H68F3N3O19. The molecule has 0 spiro atoms. The maximum Gasteiger partial charge on any atom is 0.359 e. The standard InChI is InChI=1S/C24H24FNO6.C17H18FNO6.C15H14FNO5.C9H12O2/c1-3-31-24(29)21-23(32-14-13-30-15-17-7-5-4-6-8-17)22(28)20(16(2)27)26(21)19-11-9-18(25)10-12-19;1-3-24-17(23)14-16(25-9-8-20)15(22)13(10(2)21)19(14)12-6-4-11(18)5-7-12;1-3-22-15(21)12-14(20)13(19)11(8(2)18)17(12)10-6-4-9(16)5-7-10;10-6-7-11-8-9-4-2-1-3-5-9/h4-12,28H,3,13-15H2,1-2H3;4-7,20,22H,3,8-9H2,1-2H3;4-7,19-20H,3H2,1-2H3;1-5,10H,6-8H2. The number of aromatic hydroxyl groups is 4. The van der Waals surface area contributed by atoms with E-state index in [0.717, 1.165) is 44.5 Å². The van der Waals surface area contributed by atoms with Gasteiger partial charge in [0.2, 0.25) is 0 Å². The van der Waals surface area contributed by atoms with Gasteiger partial charge in [-0.05, 0) is 105 Å². The Morgan fingerprint density at radius 1 is 0.378 bits per heavy atom. The van der Waals surface area contributed by atoms with Gasteiger partial charge in [-0.25, -0.2) is 27.6 Å². The molecule has 0 amide bonds. The van der Waals surface area contributed by atoms with Gasteiger partial charge in [0.25, 0.3) is 0 Å². The number of halogens is 3. The summed E-state index contributed by atoms with van der Waals surface area (Å²) in [5.41, 5.74) is 1.49. The van der Waals surface area contributed by atoms with Crippen molar-refractivity contribution in [2.75, 3.05) is 59.5 Å². The average molecular weight is 1250 g/mol. The number of nitrogens with zero attached hydrogens (tertiary/aromatic N) is 3. The number of hydrogen-bond donors (Lipinski definition) is 6. The Labute approximate surface area is 515 Å². The van der Waals surface area contributed by atoms with Gasteiger partial charge in [0.05, 0.1) is 59.5 Å². The van der Waals surface area contributed by atoms with Crippen LogP contribution in [0.5, 0.6) is 34.5 Å². The quantitative estimate of drug-likeness (QED) is 0.0134. The highest BCUT2D eigenvalue weighted by atomic mass is 19.1. The van der Waals surface area contributed by atoms with E-state index < -0.39 is 81.4 Å². The summed E-state index contributed by atoms with van der Waals surface area (Å²) in [4.78, 5) is 73.3. The zero-order valence-electron chi connectivity index (χ0n) is 49.9. The number of ketones is 3. The molecular weight excluding hydrogens is 1180 g/mol. The normalized spacial score (nSPS) is 10.5. The molecule has 8 aromatic rings. The number of hydrogen-bond acceptors (Lipinski definition) is 19. The first-order valence-electron chi connectivity index (χ1n) is 27.8. The van der Waals surface area contributed by atoms with Crippen LogP contribution in [0.25, 0.3) is 17.1 Å². The molecule has 8 rings (SSSR count). The van der Waals surface area contributed by atoms with E-state index in [-0.39, 0.29) is 104 Å². The predicted molar refractivity (Wildman–Crippen MR) is 319 cm³/mol. The Kier molecular flexibility index (Phi) is 27.4. The van der Waals surface area contributed by atoms with Crippen molar-refractivity contribution in [3.63, 3.8) is 0 Å². The summed E-state index contributed by atoms with van der Waals surface area (Å²) < 4.78 is 79.7. The number of carbonyl (C=O) groups excluding carboxylic acids is 6.